The molecule has 0 spiro atoms. The predicted octanol–water partition coefficient (Wildman–Crippen LogP) is 2.77. The third kappa shape index (κ3) is 3.67. The molecule has 0 saturated heterocycles. The van der Waals surface area contributed by atoms with Crippen molar-refractivity contribution in [3.63, 3.8) is 0 Å². The first-order chi connectivity index (χ1) is 12.7. The monoisotopic (exact) mass is 367 g/mol. The van der Waals surface area contributed by atoms with E-state index < -0.39 is 0 Å². The molecule has 1 aliphatic rings. The van der Waals surface area contributed by atoms with Crippen LogP contribution in [0.5, 0.6) is 0 Å². The fourth-order valence-electron chi connectivity index (χ4n) is 3.37. The van der Waals surface area contributed by atoms with Gasteiger partial charge in [0, 0.05) is 30.0 Å². The molecule has 1 aliphatic heterocycles. The van der Waals surface area contributed by atoms with Gasteiger partial charge in [-0.15, -0.1) is 21.5 Å². The number of carbonyl (C=O) groups is 1. The first-order valence-electron chi connectivity index (χ1n) is 8.87. The largest absolute Gasteiger partial charge is 0.353 e. The van der Waals surface area contributed by atoms with Crippen molar-refractivity contribution in [3.8, 4) is 11.4 Å². The summed E-state index contributed by atoms with van der Waals surface area (Å²) in [5.41, 5.74) is 1.93. The van der Waals surface area contributed by atoms with Crippen LogP contribution in [0.3, 0.4) is 0 Å². The molecule has 0 radical (unpaired) electrons. The Morgan fingerprint density at radius 1 is 1.27 bits per heavy atom. The van der Waals surface area contributed by atoms with E-state index in [1.807, 2.05) is 30.5 Å². The van der Waals surface area contributed by atoms with Gasteiger partial charge < -0.3 is 9.88 Å². The Labute approximate surface area is 156 Å². The maximum atomic E-state index is 12.3. The number of aromatic nitrogens is 4. The molecule has 0 aliphatic carbocycles. The maximum absolute atomic E-state index is 12.3. The van der Waals surface area contributed by atoms with Crippen LogP contribution < -0.4 is 5.32 Å². The van der Waals surface area contributed by atoms with Gasteiger partial charge in [-0.3, -0.25) is 4.79 Å². The van der Waals surface area contributed by atoms with E-state index in [0.717, 1.165) is 53.7 Å². The summed E-state index contributed by atoms with van der Waals surface area (Å²) < 4.78 is 2.19. The van der Waals surface area contributed by atoms with E-state index in [0.29, 0.717) is 6.42 Å². The molecule has 1 amide bonds. The number of nitrogens with one attached hydrogen (secondary N) is 1. The summed E-state index contributed by atoms with van der Waals surface area (Å²) in [5.74, 6) is 1.95. The summed E-state index contributed by atoms with van der Waals surface area (Å²) in [6.07, 6.45) is 2.93. The summed E-state index contributed by atoms with van der Waals surface area (Å²) in [5, 5.41) is 14.9. The number of thiazole rings is 1. The normalized spacial score (nSPS) is 16.7. The number of benzene rings is 1. The van der Waals surface area contributed by atoms with Crippen molar-refractivity contribution in [1.29, 1.82) is 0 Å². The van der Waals surface area contributed by atoms with Crippen LogP contribution in [-0.4, -0.2) is 31.7 Å². The van der Waals surface area contributed by atoms with Gasteiger partial charge in [-0.25, -0.2) is 4.98 Å². The standard InChI is InChI=1S/C19H21N5OS/c1-13-20-16(12-26-13)11-18(25)21-15-7-8-17-22-23-19(24(17)10-9-15)14-5-3-2-4-6-14/h2-6,12,15H,7-11H2,1H3,(H,21,25). The minimum absolute atomic E-state index is 0.0428. The van der Waals surface area contributed by atoms with Crippen molar-refractivity contribution in [2.24, 2.45) is 0 Å². The Kier molecular flexibility index (Phi) is 4.79. The van der Waals surface area contributed by atoms with Crippen LogP contribution in [0, 0.1) is 6.92 Å². The molecule has 7 heteroatoms. The fourth-order valence-corrected chi connectivity index (χ4v) is 3.98. The van der Waals surface area contributed by atoms with Crippen LogP contribution in [-0.2, 0) is 24.2 Å². The van der Waals surface area contributed by atoms with Crippen LogP contribution in [0.4, 0.5) is 0 Å². The number of aryl methyl sites for hydroxylation is 2. The summed E-state index contributed by atoms with van der Waals surface area (Å²) in [7, 11) is 0. The Balaban J connectivity index is 1.41. The van der Waals surface area contributed by atoms with Crippen molar-refractivity contribution in [2.75, 3.05) is 0 Å². The summed E-state index contributed by atoms with van der Waals surface area (Å²) in [6, 6.07) is 10.3. The van der Waals surface area contributed by atoms with Crippen LogP contribution >= 0.6 is 11.3 Å². The minimum atomic E-state index is 0.0428. The number of rotatable bonds is 4. The highest BCUT2D eigenvalue weighted by Gasteiger charge is 2.22. The topological polar surface area (TPSA) is 72.7 Å². The zero-order valence-electron chi connectivity index (χ0n) is 14.7. The van der Waals surface area contributed by atoms with Crippen molar-refractivity contribution in [3.05, 3.63) is 52.2 Å². The molecule has 0 saturated carbocycles. The third-order valence-electron chi connectivity index (χ3n) is 4.65. The number of carbonyl (C=O) groups excluding carboxylic acids is 1. The molecule has 1 N–H and O–H groups in total. The molecule has 6 nitrogen and oxygen atoms in total. The van der Waals surface area contributed by atoms with E-state index >= 15 is 0 Å². The molecule has 26 heavy (non-hydrogen) atoms. The van der Waals surface area contributed by atoms with Crippen molar-refractivity contribution in [1.82, 2.24) is 25.1 Å². The second-order valence-electron chi connectivity index (χ2n) is 6.58. The molecule has 1 atom stereocenters. The molecule has 4 rings (SSSR count). The highest BCUT2D eigenvalue weighted by atomic mass is 32.1. The Bertz CT molecular complexity index is 902. The quantitative estimate of drug-likeness (QED) is 0.770. The lowest BCUT2D eigenvalue weighted by atomic mass is 10.1. The van der Waals surface area contributed by atoms with Gasteiger partial charge in [0.05, 0.1) is 17.1 Å². The van der Waals surface area contributed by atoms with Gasteiger partial charge in [-0.05, 0) is 19.8 Å². The summed E-state index contributed by atoms with van der Waals surface area (Å²) in [4.78, 5) is 16.7. The molecule has 134 valence electrons. The second-order valence-corrected chi connectivity index (χ2v) is 7.65. The number of nitrogens with zero attached hydrogens (tertiary/aromatic N) is 4. The van der Waals surface area contributed by atoms with Gasteiger partial charge in [0.2, 0.25) is 5.91 Å². The highest BCUT2D eigenvalue weighted by molar-refractivity contribution is 7.09. The van der Waals surface area contributed by atoms with Crippen LogP contribution in [0.15, 0.2) is 35.7 Å². The minimum Gasteiger partial charge on any atom is -0.353 e. The van der Waals surface area contributed by atoms with E-state index in [9.17, 15) is 4.79 Å². The lowest BCUT2D eigenvalue weighted by molar-refractivity contribution is -0.121. The number of amides is 1. The van der Waals surface area contributed by atoms with Gasteiger partial charge in [-0.1, -0.05) is 30.3 Å². The number of hydrogen-bond acceptors (Lipinski definition) is 5. The smallest absolute Gasteiger partial charge is 0.226 e. The zero-order chi connectivity index (χ0) is 17.9. The SMILES string of the molecule is Cc1nc(CC(=O)NC2CCc3nnc(-c4ccccc4)n3CC2)cs1. The van der Waals surface area contributed by atoms with Gasteiger partial charge >= 0.3 is 0 Å². The number of hydrogen-bond donors (Lipinski definition) is 1. The molecule has 2 aromatic heterocycles. The number of fused-ring (bicyclic) bond motifs is 1. The predicted molar refractivity (Wildman–Crippen MR) is 101 cm³/mol. The highest BCUT2D eigenvalue weighted by Crippen LogP contribution is 2.22. The average Bonchev–Trinajstić information content (AvgIpc) is 3.18. The van der Waals surface area contributed by atoms with Crippen LogP contribution in [0.2, 0.25) is 0 Å². The molecular formula is C19H21N5OS. The molecule has 3 heterocycles. The zero-order valence-corrected chi connectivity index (χ0v) is 15.5. The van der Waals surface area contributed by atoms with E-state index in [2.05, 4.69) is 37.2 Å². The molecule has 0 bridgehead atoms. The van der Waals surface area contributed by atoms with Gasteiger partial charge in [0.15, 0.2) is 5.82 Å². The van der Waals surface area contributed by atoms with E-state index in [-0.39, 0.29) is 11.9 Å². The Morgan fingerprint density at radius 3 is 2.88 bits per heavy atom. The molecule has 1 unspecified atom stereocenters. The lowest BCUT2D eigenvalue weighted by Gasteiger charge is -2.16. The van der Waals surface area contributed by atoms with Gasteiger partial charge in [-0.2, -0.15) is 0 Å². The first kappa shape index (κ1) is 16.9. The van der Waals surface area contributed by atoms with Crippen molar-refractivity contribution >= 4 is 17.2 Å². The molecule has 3 aromatic rings. The second kappa shape index (κ2) is 7.37. The first-order valence-corrected chi connectivity index (χ1v) is 9.75. The van der Waals surface area contributed by atoms with Crippen molar-refractivity contribution in [2.45, 2.75) is 45.2 Å². The van der Waals surface area contributed by atoms with Gasteiger partial charge in [0.1, 0.15) is 5.82 Å². The average molecular weight is 367 g/mol. The molecule has 1 aromatic carbocycles. The van der Waals surface area contributed by atoms with Crippen LogP contribution in [0.1, 0.15) is 29.4 Å². The molecular weight excluding hydrogens is 346 g/mol. The lowest BCUT2D eigenvalue weighted by Crippen LogP contribution is -2.36. The van der Waals surface area contributed by atoms with E-state index in [1.165, 1.54) is 0 Å². The van der Waals surface area contributed by atoms with Crippen LogP contribution in [0.25, 0.3) is 11.4 Å². The van der Waals surface area contributed by atoms with Crippen molar-refractivity contribution < 1.29 is 4.79 Å². The fraction of sp³-hybridized carbons (Fsp3) is 0.368. The van der Waals surface area contributed by atoms with E-state index in [1.54, 1.807) is 11.3 Å². The Morgan fingerprint density at radius 2 is 2.12 bits per heavy atom. The third-order valence-corrected chi connectivity index (χ3v) is 5.47. The van der Waals surface area contributed by atoms with Gasteiger partial charge in [0.25, 0.3) is 0 Å². The molecule has 0 fully saturated rings. The summed E-state index contributed by atoms with van der Waals surface area (Å²) >= 11 is 1.58. The Hall–Kier alpha value is -2.54. The maximum Gasteiger partial charge on any atom is 0.226 e. The van der Waals surface area contributed by atoms with E-state index in [4.69, 9.17) is 0 Å². The summed E-state index contributed by atoms with van der Waals surface area (Å²) in [6.45, 7) is 2.77.